The highest BCUT2D eigenvalue weighted by Crippen LogP contribution is 2.45. The number of hydrogen-bond acceptors (Lipinski definition) is 4. The van der Waals surface area contributed by atoms with Crippen LogP contribution in [0.5, 0.6) is 0 Å². The highest BCUT2D eigenvalue weighted by atomic mass is 19.4. The Morgan fingerprint density at radius 2 is 1.48 bits per heavy atom. The van der Waals surface area contributed by atoms with E-state index in [1.165, 1.54) is 12.1 Å². The van der Waals surface area contributed by atoms with Crippen LogP contribution in [0.4, 0.5) is 13.2 Å². The predicted molar refractivity (Wildman–Crippen MR) is 74.5 cm³/mol. The lowest BCUT2D eigenvalue weighted by atomic mass is 9.76. The molecule has 3 rings (SSSR count). The molecular weight excluding hydrogens is 313 g/mol. The number of halogens is 3. The van der Waals surface area contributed by atoms with Gasteiger partial charge in [0.15, 0.2) is 5.79 Å². The van der Waals surface area contributed by atoms with Crippen LogP contribution in [0.25, 0.3) is 0 Å². The van der Waals surface area contributed by atoms with Crippen LogP contribution in [-0.2, 0) is 15.7 Å². The third kappa shape index (κ3) is 3.24. The van der Waals surface area contributed by atoms with E-state index in [0.29, 0.717) is 26.1 Å². The van der Waals surface area contributed by atoms with Gasteiger partial charge in [0.2, 0.25) is 0 Å². The quantitative estimate of drug-likeness (QED) is 0.874. The smallest absolute Gasteiger partial charge is 0.387 e. The molecule has 0 aromatic heterocycles. The maximum Gasteiger partial charge on any atom is 0.416 e. The van der Waals surface area contributed by atoms with Crippen molar-refractivity contribution >= 4 is 0 Å². The van der Waals surface area contributed by atoms with Gasteiger partial charge in [-0.3, -0.25) is 0 Å². The second-order valence-corrected chi connectivity index (χ2v) is 6.23. The van der Waals surface area contributed by atoms with Crippen LogP contribution in [-0.4, -0.2) is 34.8 Å². The number of hydrogen-bond donors (Lipinski definition) is 2. The van der Waals surface area contributed by atoms with Crippen molar-refractivity contribution in [3.05, 3.63) is 35.4 Å². The Hall–Kier alpha value is -1.15. The summed E-state index contributed by atoms with van der Waals surface area (Å²) in [5, 5.41) is 21.1. The molecule has 1 aliphatic heterocycles. The SMILES string of the molecule is OC(c1ccc(C(F)(F)F)cc1)C1(O)CCC2(CC1)OCCO2. The van der Waals surface area contributed by atoms with Crippen molar-refractivity contribution in [2.24, 2.45) is 0 Å². The maximum absolute atomic E-state index is 12.6. The van der Waals surface area contributed by atoms with E-state index in [0.717, 1.165) is 12.1 Å². The summed E-state index contributed by atoms with van der Waals surface area (Å²) < 4.78 is 48.9. The number of benzene rings is 1. The molecule has 0 amide bonds. The van der Waals surface area contributed by atoms with Gasteiger partial charge in [0.1, 0.15) is 6.10 Å². The Balaban J connectivity index is 1.71. The normalized spacial score (nSPS) is 24.7. The molecule has 4 nitrogen and oxygen atoms in total. The monoisotopic (exact) mass is 332 g/mol. The van der Waals surface area contributed by atoms with Crippen LogP contribution in [0.15, 0.2) is 24.3 Å². The zero-order valence-electron chi connectivity index (χ0n) is 12.5. The summed E-state index contributed by atoms with van der Waals surface area (Å²) in [6, 6.07) is 4.24. The molecule has 128 valence electrons. The van der Waals surface area contributed by atoms with Crippen molar-refractivity contribution in [3.8, 4) is 0 Å². The molecule has 1 aromatic carbocycles. The van der Waals surface area contributed by atoms with Gasteiger partial charge >= 0.3 is 6.18 Å². The van der Waals surface area contributed by atoms with Gasteiger partial charge in [0.25, 0.3) is 0 Å². The summed E-state index contributed by atoms with van der Waals surface area (Å²) >= 11 is 0. The minimum atomic E-state index is -4.42. The topological polar surface area (TPSA) is 58.9 Å². The molecule has 2 fully saturated rings. The van der Waals surface area contributed by atoms with Gasteiger partial charge < -0.3 is 19.7 Å². The first-order valence-electron chi connectivity index (χ1n) is 7.60. The van der Waals surface area contributed by atoms with Gasteiger partial charge in [-0.1, -0.05) is 12.1 Å². The van der Waals surface area contributed by atoms with Gasteiger partial charge in [-0.2, -0.15) is 13.2 Å². The van der Waals surface area contributed by atoms with Crippen LogP contribution in [0, 0.1) is 0 Å². The van der Waals surface area contributed by atoms with E-state index in [2.05, 4.69) is 0 Å². The van der Waals surface area contributed by atoms with Crippen LogP contribution in [0.2, 0.25) is 0 Å². The Kier molecular flexibility index (Phi) is 4.16. The number of ether oxygens (including phenoxy) is 2. The maximum atomic E-state index is 12.6. The minimum absolute atomic E-state index is 0.259. The average Bonchev–Trinajstić information content (AvgIpc) is 2.98. The molecule has 1 unspecified atom stereocenters. The Bertz CT molecular complexity index is 539. The second-order valence-electron chi connectivity index (χ2n) is 6.23. The number of aliphatic hydroxyl groups excluding tert-OH is 1. The van der Waals surface area contributed by atoms with E-state index in [9.17, 15) is 23.4 Å². The lowest BCUT2D eigenvalue weighted by Crippen LogP contribution is -2.46. The predicted octanol–water partition coefficient (Wildman–Crippen LogP) is 2.79. The molecule has 0 bridgehead atoms. The van der Waals surface area contributed by atoms with E-state index < -0.39 is 29.2 Å². The van der Waals surface area contributed by atoms with Crippen molar-refractivity contribution in [2.45, 2.75) is 49.4 Å². The third-order valence-corrected chi connectivity index (χ3v) is 4.75. The first-order chi connectivity index (χ1) is 10.7. The van der Waals surface area contributed by atoms with E-state index in [-0.39, 0.29) is 18.4 Å². The molecule has 1 atom stereocenters. The standard InChI is InChI=1S/C16H19F3O4/c17-16(18,19)12-3-1-11(2-4-12)13(20)14(21)5-7-15(8-6-14)22-9-10-23-15/h1-4,13,20-21H,5-10H2. The number of alkyl halides is 3. The molecule has 1 spiro atoms. The third-order valence-electron chi connectivity index (χ3n) is 4.75. The fourth-order valence-electron chi connectivity index (χ4n) is 3.29. The molecule has 1 aliphatic carbocycles. The number of aliphatic hydroxyl groups is 2. The summed E-state index contributed by atoms with van der Waals surface area (Å²) in [4.78, 5) is 0. The summed E-state index contributed by atoms with van der Waals surface area (Å²) in [5.41, 5.74) is -1.90. The minimum Gasteiger partial charge on any atom is -0.387 e. The molecule has 2 N–H and O–H groups in total. The fraction of sp³-hybridized carbons (Fsp3) is 0.625. The lowest BCUT2D eigenvalue weighted by molar-refractivity contribution is -0.217. The van der Waals surface area contributed by atoms with Gasteiger partial charge in [0.05, 0.1) is 24.4 Å². The highest BCUT2D eigenvalue weighted by Gasteiger charge is 2.48. The van der Waals surface area contributed by atoms with Gasteiger partial charge in [-0.25, -0.2) is 0 Å². The molecule has 0 radical (unpaired) electrons. The molecule has 1 saturated heterocycles. The summed E-state index contributed by atoms with van der Waals surface area (Å²) in [6.07, 6.45) is -4.26. The molecule has 23 heavy (non-hydrogen) atoms. The van der Waals surface area contributed by atoms with Crippen molar-refractivity contribution in [1.82, 2.24) is 0 Å². The summed E-state index contributed by atoms with van der Waals surface area (Å²) in [7, 11) is 0. The summed E-state index contributed by atoms with van der Waals surface area (Å²) in [6.45, 7) is 1.03. The fourth-order valence-corrected chi connectivity index (χ4v) is 3.29. The van der Waals surface area contributed by atoms with Crippen LogP contribution in [0.3, 0.4) is 0 Å². The molecule has 2 aliphatic rings. The van der Waals surface area contributed by atoms with Crippen molar-refractivity contribution in [2.75, 3.05) is 13.2 Å². The van der Waals surface area contributed by atoms with E-state index in [1.54, 1.807) is 0 Å². The molecule has 1 aromatic rings. The van der Waals surface area contributed by atoms with E-state index in [4.69, 9.17) is 9.47 Å². The largest absolute Gasteiger partial charge is 0.416 e. The zero-order valence-corrected chi connectivity index (χ0v) is 12.5. The van der Waals surface area contributed by atoms with Gasteiger partial charge in [-0.05, 0) is 30.5 Å². The first kappa shape index (κ1) is 16.7. The average molecular weight is 332 g/mol. The van der Waals surface area contributed by atoms with Crippen molar-refractivity contribution in [3.63, 3.8) is 0 Å². The Morgan fingerprint density at radius 1 is 0.957 bits per heavy atom. The number of rotatable bonds is 2. The van der Waals surface area contributed by atoms with Gasteiger partial charge in [0, 0.05) is 12.8 Å². The Morgan fingerprint density at radius 3 is 1.96 bits per heavy atom. The van der Waals surface area contributed by atoms with Gasteiger partial charge in [-0.15, -0.1) is 0 Å². The molecule has 1 saturated carbocycles. The second kappa shape index (κ2) is 5.73. The van der Waals surface area contributed by atoms with Crippen LogP contribution >= 0.6 is 0 Å². The van der Waals surface area contributed by atoms with E-state index in [1.807, 2.05) is 0 Å². The summed E-state index contributed by atoms with van der Waals surface area (Å²) in [5.74, 6) is -0.675. The van der Waals surface area contributed by atoms with E-state index >= 15 is 0 Å². The lowest BCUT2D eigenvalue weighted by Gasteiger charge is -2.42. The molecular formula is C16H19F3O4. The highest BCUT2D eigenvalue weighted by molar-refractivity contribution is 5.27. The van der Waals surface area contributed by atoms with Crippen LogP contribution in [0.1, 0.15) is 42.9 Å². The molecule has 7 heteroatoms. The van der Waals surface area contributed by atoms with Crippen molar-refractivity contribution in [1.29, 1.82) is 0 Å². The van der Waals surface area contributed by atoms with Crippen LogP contribution < -0.4 is 0 Å². The molecule has 1 heterocycles. The van der Waals surface area contributed by atoms with Crippen molar-refractivity contribution < 1.29 is 32.9 Å². The zero-order chi connectivity index (χ0) is 16.7. The Labute approximate surface area is 131 Å². The first-order valence-corrected chi connectivity index (χ1v) is 7.60.